The molecular formula is C29H37N3. The third kappa shape index (κ3) is 5.00. The largest absolute Gasteiger partial charge is 0.341 e. The van der Waals surface area contributed by atoms with E-state index in [-0.39, 0.29) is 0 Å². The van der Waals surface area contributed by atoms with Gasteiger partial charge in [0.1, 0.15) is 0 Å². The third-order valence-corrected chi connectivity index (χ3v) is 7.28. The molecule has 3 nitrogen and oxygen atoms in total. The summed E-state index contributed by atoms with van der Waals surface area (Å²) < 4.78 is 2.58. The van der Waals surface area contributed by atoms with Gasteiger partial charge in [0.15, 0.2) is 0 Å². The number of para-hydroxylation sites is 1. The maximum atomic E-state index is 2.67. The average molecular weight is 428 g/mol. The van der Waals surface area contributed by atoms with Crippen LogP contribution in [0.4, 0.5) is 0 Å². The topological polar surface area (TPSA) is 11.4 Å². The van der Waals surface area contributed by atoms with Crippen LogP contribution in [0, 0.1) is 0 Å². The molecular weight excluding hydrogens is 390 g/mol. The zero-order chi connectivity index (χ0) is 21.6. The number of piperazine rings is 1. The first-order valence-corrected chi connectivity index (χ1v) is 12.6. The molecule has 3 aromatic rings. The van der Waals surface area contributed by atoms with Crippen LogP contribution in [0.3, 0.4) is 0 Å². The second-order valence-electron chi connectivity index (χ2n) is 9.49. The summed E-state index contributed by atoms with van der Waals surface area (Å²) in [6, 6.07) is 19.9. The molecule has 0 N–H and O–H groups in total. The number of rotatable bonds is 9. The Kier molecular flexibility index (Phi) is 7.05. The first-order chi connectivity index (χ1) is 15.9. The number of unbranched alkanes of at least 4 members (excludes halogenated alkanes) is 3. The average Bonchev–Trinajstić information content (AvgIpc) is 3.17. The number of hydrogen-bond donors (Lipinski definition) is 0. The minimum atomic E-state index is 1.10. The molecule has 2 aliphatic rings. The standard InChI is InChI=1S/C29H37N3/c1(10-18-30-20-22-31(23-21-30)24-25-12-4-3-5-13-25)2-11-19-32-28-16-8-6-14-26(28)27-15-7-9-17-29(27)32/h3-6,8-9,12-14,16-17H,1-2,7,10-11,15,18-24H2. The lowest BCUT2D eigenvalue weighted by Crippen LogP contribution is -2.46. The summed E-state index contributed by atoms with van der Waals surface area (Å²) in [5.41, 5.74) is 5.89. The second-order valence-corrected chi connectivity index (χ2v) is 9.49. The third-order valence-electron chi connectivity index (χ3n) is 7.28. The van der Waals surface area contributed by atoms with E-state index in [4.69, 9.17) is 0 Å². The summed E-state index contributed by atoms with van der Waals surface area (Å²) in [6.45, 7) is 8.37. The fourth-order valence-electron chi connectivity index (χ4n) is 5.48. The van der Waals surface area contributed by atoms with Crippen molar-refractivity contribution in [3.63, 3.8) is 0 Å². The molecule has 0 spiro atoms. The van der Waals surface area contributed by atoms with Gasteiger partial charge >= 0.3 is 0 Å². The van der Waals surface area contributed by atoms with Crippen LogP contribution in [0.25, 0.3) is 17.0 Å². The molecule has 2 aromatic carbocycles. The fraction of sp³-hybridized carbons (Fsp3) is 0.448. The van der Waals surface area contributed by atoms with Gasteiger partial charge in [-0.25, -0.2) is 0 Å². The number of aromatic nitrogens is 1. The predicted octanol–water partition coefficient (Wildman–Crippen LogP) is 5.98. The van der Waals surface area contributed by atoms with Gasteiger partial charge in [0.25, 0.3) is 0 Å². The number of hydrogen-bond acceptors (Lipinski definition) is 2. The fourth-order valence-corrected chi connectivity index (χ4v) is 5.48. The zero-order valence-electron chi connectivity index (χ0n) is 19.4. The van der Waals surface area contributed by atoms with Crippen LogP contribution in [0.5, 0.6) is 0 Å². The van der Waals surface area contributed by atoms with E-state index in [1.54, 1.807) is 5.56 Å². The molecule has 3 heteroatoms. The van der Waals surface area contributed by atoms with Crippen LogP contribution in [-0.2, 0) is 19.5 Å². The normalized spacial score (nSPS) is 17.1. The molecule has 2 heterocycles. The van der Waals surface area contributed by atoms with E-state index >= 15 is 0 Å². The van der Waals surface area contributed by atoms with Gasteiger partial charge in [-0.15, -0.1) is 0 Å². The highest BCUT2D eigenvalue weighted by Crippen LogP contribution is 2.31. The van der Waals surface area contributed by atoms with Crippen molar-refractivity contribution in [3.05, 3.63) is 77.5 Å². The molecule has 1 saturated heterocycles. The minimum absolute atomic E-state index is 1.10. The number of allylic oxidation sites excluding steroid dienone is 1. The molecule has 1 aliphatic carbocycles. The summed E-state index contributed by atoms with van der Waals surface area (Å²) >= 11 is 0. The zero-order valence-corrected chi connectivity index (χ0v) is 19.4. The lowest BCUT2D eigenvalue weighted by atomic mass is 10.0. The summed E-state index contributed by atoms with van der Waals surface area (Å²) in [5, 5.41) is 1.47. The Balaban J connectivity index is 1.02. The van der Waals surface area contributed by atoms with E-state index in [1.165, 1.54) is 93.4 Å². The van der Waals surface area contributed by atoms with E-state index in [0.29, 0.717) is 0 Å². The van der Waals surface area contributed by atoms with Gasteiger partial charge < -0.3 is 9.47 Å². The minimum Gasteiger partial charge on any atom is -0.341 e. The van der Waals surface area contributed by atoms with Crippen molar-refractivity contribution in [2.75, 3.05) is 32.7 Å². The van der Waals surface area contributed by atoms with Crippen molar-refractivity contribution < 1.29 is 0 Å². The number of aryl methyl sites for hydroxylation is 2. The van der Waals surface area contributed by atoms with Crippen molar-refractivity contribution in [2.45, 2.75) is 51.6 Å². The Hall–Kier alpha value is -2.36. The summed E-state index contributed by atoms with van der Waals surface area (Å²) in [7, 11) is 0. The van der Waals surface area contributed by atoms with Crippen LogP contribution < -0.4 is 0 Å². The van der Waals surface area contributed by atoms with Crippen molar-refractivity contribution in [1.29, 1.82) is 0 Å². The molecule has 1 aliphatic heterocycles. The Labute approximate surface area is 193 Å². The number of fused-ring (bicyclic) bond motifs is 3. The van der Waals surface area contributed by atoms with Gasteiger partial charge in [0, 0.05) is 55.9 Å². The van der Waals surface area contributed by atoms with Crippen molar-refractivity contribution in [3.8, 4) is 0 Å². The molecule has 0 amide bonds. The van der Waals surface area contributed by atoms with Crippen LogP contribution in [-0.4, -0.2) is 47.1 Å². The van der Waals surface area contributed by atoms with E-state index in [9.17, 15) is 0 Å². The first-order valence-electron chi connectivity index (χ1n) is 12.6. The lowest BCUT2D eigenvalue weighted by molar-refractivity contribution is 0.125. The number of nitrogens with zero attached hydrogens (tertiary/aromatic N) is 3. The highest BCUT2D eigenvalue weighted by Gasteiger charge is 2.17. The van der Waals surface area contributed by atoms with Crippen molar-refractivity contribution >= 4 is 17.0 Å². The van der Waals surface area contributed by atoms with Gasteiger partial charge in [-0.1, -0.05) is 67.4 Å². The highest BCUT2D eigenvalue weighted by molar-refractivity contribution is 5.88. The number of benzene rings is 2. The van der Waals surface area contributed by atoms with Crippen LogP contribution in [0.15, 0.2) is 60.7 Å². The van der Waals surface area contributed by atoms with E-state index in [0.717, 1.165) is 13.1 Å². The molecule has 5 rings (SSSR count). The van der Waals surface area contributed by atoms with Crippen molar-refractivity contribution in [2.24, 2.45) is 0 Å². The molecule has 0 bridgehead atoms. The van der Waals surface area contributed by atoms with Gasteiger partial charge in [-0.3, -0.25) is 4.90 Å². The van der Waals surface area contributed by atoms with E-state index < -0.39 is 0 Å². The quantitative estimate of drug-likeness (QED) is 0.389. The molecule has 0 unspecified atom stereocenters. The summed E-state index contributed by atoms with van der Waals surface area (Å²) in [5.74, 6) is 0. The highest BCUT2D eigenvalue weighted by atomic mass is 15.3. The molecule has 0 saturated carbocycles. The Morgan fingerprint density at radius 3 is 2.25 bits per heavy atom. The second kappa shape index (κ2) is 10.5. The van der Waals surface area contributed by atoms with Crippen LogP contribution >= 0.6 is 0 Å². The maximum Gasteiger partial charge on any atom is 0.0487 e. The van der Waals surface area contributed by atoms with Gasteiger partial charge in [-0.05, 0) is 55.5 Å². The molecule has 168 valence electrons. The first kappa shape index (κ1) is 21.5. The summed E-state index contributed by atoms with van der Waals surface area (Å²) in [6.07, 6.45) is 12.4. The molecule has 0 radical (unpaired) electrons. The predicted molar refractivity (Wildman–Crippen MR) is 136 cm³/mol. The monoisotopic (exact) mass is 427 g/mol. The van der Waals surface area contributed by atoms with Crippen LogP contribution in [0.2, 0.25) is 0 Å². The smallest absolute Gasteiger partial charge is 0.0487 e. The SMILES string of the molecule is C1=Cc2c(c3ccccc3n2CCCCCCN2CCN(Cc3ccccc3)CC2)CC1. The maximum absolute atomic E-state index is 2.67. The van der Waals surface area contributed by atoms with E-state index in [2.05, 4.69) is 81.1 Å². The van der Waals surface area contributed by atoms with Gasteiger partial charge in [0.05, 0.1) is 0 Å². The Bertz CT molecular complexity index is 1030. The van der Waals surface area contributed by atoms with Gasteiger partial charge in [0.2, 0.25) is 0 Å². The van der Waals surface area contributed by atoms with E-state index in [1.807, 2.05) is 0 Å². The Morgan fingerprint density at radius 2 is 1.41 bits per heavy atom. The molecule has 0 atom stereocenters. The molecule has 32 heavy (non-hydrogen) atoms. The molecule has 1 fully saturated rings. The van der Waals surface area contributed by atoms with Crippen LogP contribution in [0.1, 0.15) is 48.9 Å². The van der Waals surface area contributed by atoms with Gasteiger partial charge in [-0.2, -0.15) is 0 Å². The molecule has 1 aromatic heterocycles. The summed E-state index contributed by atoms with van der Waals surface area (Å²) in [4.78, 5) is 5.27. The lowest BCUT2D eigenvalue weighted by Gasteiger charge is -2.34. The Morgan fingerprint density at radius 1 is 0.688 bits per heavy atom. The van der Waals surface area contributed by atoms with Crippen molar-refractivity contribution in [1.82, 2.24) is 14.4 Å².